The zero-order valence-electron chi connectivity index (χ0n) is 38.5. The first-order chi connectivity index (χ1) is 33.7. The Kier molecular flexibility index (Phi) is 13.4. The third-order valence-electron chi connectivity index (χ3n) is 13.1. The topological polar surface area (TPSA) is 229 Å². The molecule has 0 aliphatic carbocycles. The van der Waals surface area contributed by atoms with Crippen molar-refractivity contribution in [3.63, 3.8) is 0 Å². The fourth-order valence-electron chi connectivity index (χ4n) is 9.26. The van der Waals surface area contributed by atoms with Crippen LogP contribution in [0, 0.1) is 0 Å². The summed E-state index contributed by atoms with van der Waals surface area (Å²) in [6.45, 7) is 6.86. The number of imide groups is 1. The first kappa shape index (κ1) is 45.3. The Balaban J connectivity index is 0.628. The molecule has 8 heterocycles. The van der Waals surface area contributed by atoms with E-state index in [0.29, 0.717) is 78.6 Å². The first-order valence-electron chi connectivity index (χ1n) is 23.6. The van der Waals surface area contributed by atoms with Crippen molar-refractivity contribution in [2.75, 3.05) is 62.6 Å². The minimum absolute atomic E-state index is 0.161. The summed E-state index contributed by atoms with van der Waals surface area (Å²) in [5.74, 6) is 0.0124. The lowest BCUT2D eigenvalue weighted by Crippen LogP contribution is -2.48. The number of amides is 3. The summed E-state index contributed by atoms with van der Waals surface area (Å²) in [6.07, 6.45) is 15.0. The van der Waals surface area contributed by atoms with Gasteiger partial charge < -0.3 is 19.9 Å². The Bertz CT molecular complexity index is 3020. The molecule has 0 saturated carbocycles. The highest BCUT2D eigenvalue weighted by atomic mass is 16.5. The van der Waals surface area contributed by atoms with E-state index >= 15 is 0 Å². The molecule has 2 N–H and O–H groups in total. The van der Waals surface area contributed by atoms with Gasteiger partial charge in [-0.25, -0.2) is 29.3 Å². The van der Waals surface area contributed by atoms with E-state index in [9.17, 15) is 19.2 Å². The van der Waals surface area contributed by atoms with Crippen molar-refractivity contribution in [3.8, 4) is 22.4 Å². The number of aryl methyl sites for hydroxylation is 1. The SMILES string of the molecule is Cn1cc(-c2cnc3c(nnn3C[C@@H]3CN(c4ncc(-c5ccc(CN6CCN(C(=O)CCCCCCNc7cccc8cnn(C9CCC(=O)NC9=O)c(=O)c78)CC6)cc5)cn4)CCO3)n2)cn1. The fraction of sp³-hybridized carbons (Fsp3) is 0.417. The number of piperidine rings is 1. The number of hydrogen-bond donors (Lipinski definition) is 2. The molecule has 21 nitrogen and oxygen atoms in total. The lowest BCUT2D eigenvalue weighted by molar-refractivity contribution is -0.136. The summed E-state index contributed by atoms with van der Waals surface area (Å²) in [7, 11) is 1.86. The number of fused-ring (bicyclic) bond motifs is 2. The van der Waals surface area contributed by atoms with Gasteiger partial charge in [0.1, 0.15) is 6.04 Å². The van der Waals surface area contributed by atoms with Gasteiger partial charge in [0.15, 0.2) is 5.65 Å². The summed E-state index contributed by atoms with van der Waals surface area (Å²) in [4.78, 5) is 75.9. The normalized spacial score (nSPS) is 18.0. The summed E-state index contributed by atoms with van der Waals surface area (Å²) in [5, 5.41) is 23.9. The van der Waals surface area contributed by atoms with Crippen LogP contribution in [0.3, 0.4) is 0 Å². The Morgan fingerprint density at radius 2 is 1.68 bits per heavy atom. The number of morpholine rings is 1. The molecule has 0 radical (unpaired) electrons. The second kappa shape index (κ2) is 20.4. The highest BCUT2D eigenvalue weighted by Gasteiger charge is 2.30. The van der Waals surface area contributed by atoms with E-state index in [-0.39, 0.29) is 36.3 Å². The summed E-state index contributed by atoms with van der Waals surface area (Å²) in [6, 6.07) is 13.3. The van der Waals surface area contributed by atoms with Gasteiger partial charge in [-0.05, 0) is 36.5 Å². The van der Waals surface area contributed by atoms with E-state index in [2.05, 4.69) is 75.2 Å². The third-order valence-corrected chi connectivity index (χ3v) is 13.1. The van der Waals surface area contributed by atoms with Crippen molar-refractivity contribution in [3.05, 3.63) is 95.6 Å². The number of anilines is 2. The Morgan fingerprint density at radius 1 is 0.855 bits per heavy atom. The van der Waals surface area contributed by atoms with Crippen LogP contribution in [-0.4, -0.2) is 141 Å². The number of aromatic nitrogens is 11. The molecule has 0 spiro atoms. The van der Waals surface area contributed by atoms with Gasteiger partial charge in [0, 0.05) is 113 Å². The number of piperazine rings is 1. The van der Waals surface area contributed by atoms with E-state index in [0.717, 1.165) is 75.1 Å². The van der Waals surface area contributed by atoms with Crippen LogP contribution < -0.4 is 21.1 Å². The number of carbonyl (C=O) groups is 3. The molecular weight excluding hydrogens is 881 g/mol. The zero-order valence-corrected chi connectivity index (χ0v) is 38.5. The lowest BCUT2D eigenvalue weighted by atomic mass is 10.1. The molecule has 3 amide bonds. The van der Waals surface area contributed by atoms with E-state index in [4.69, 9.17) is 14.7 Å². The van der Waals surface area contributed by atoms with E-state index in [1.165, 1.54) is 10.2 Å². The summed E-state index contributed by atoms with van der Waals surface area (Å²) >= 11 is 0. The van der Waals surface area contributed by atoms with Crippen LogP contribution in [0.4, 0.5) is 11.6 Å². The number of carbonyl (C=O) groups excluding carboxylic acids is 3. The van der Waals surface area contributed by atoms with Crippen LogP contribution in [0.5, 0.6) is 0 Å². The maximum atomic E-state index is 13.5. The Hall–Kier alpha value is -7.52. The third kappa shape index (κ3) is 10.3. The number of nitrogens with zero attached hydrogens (tertiary/aromatic N) is 14. The lowest BCUT2D eigenvalue weighted by Gasteiger charge is -2.35. The molecule has 3 saturated heterocycles. The molecule has 69 heavy (non-hydrogen) atoms. The number of nitrogens with one attached hydrogen (secondary N) is 2. The maximum Gasteiger partial charge on any atom is 0.277 e. The molecule has 3 aliphatic heterocycles. The van der Waals surface area contributed by atoms with Crippen LogP contribution in [0.15, 0.2) is 84.4 Å². The van der Waals surface area contributed by atoms with Gasteiger partial charge in [0.05, 0.1) is 48.9 Å². The molecule has 5 aromatic heterocycles. The second-order valence-corrected chi connectivity index (χ2v) is 17.9. The van der Waals surface area contributed by atoms with Crippen molar-refractivity contribution in [1.29, 1.82) is 0 Å². The minimum atomic E-state index is -0.817. The van der Waals surface area contributed by atoms with E-state index in [1.807, 2.05) is 48.7 Å². The maximum absolute atomic E-state index is 13.5. The van der Waals surface area contributed by atoms with Crippen LogP contribution in [0.25, 0.3) is 44.5 Å². The largest absolute Gasteiger partial charge is 0.384 e. The monoisotopic (exact) mass is 934 g/mol. The van der Waals surface area contributed by atoms with Crippen molar-refractivity contribution in [2.24, 2.45) is 7.05 Å². The zero-order chi connectivity index (χ0) is 47.3. The second-order valence-electron chi connectivity index (χ2n) is 17.9. The summed E-state index contributed by atoms with van der Waals surface area (Å²) in [5.41, 5.74) is 6.15. The number of hydrogen-bond acceptors (Lipinski definition) is 16. The van der Waals surface area contributed by atoms with Crippen LogP contribution in [0.1, 0.15) is 56.6 Å². The molecule has 7 aromatic rings. The average Bonchev–Trinajstić information content (AvgIpc) is 4.00. The summed E-state index contributed by atoms with van der Waals surface area (Å²) < 4.78 is 10.7. The fourth-order valence-corrected chi connectivity index (χ4v) is 9.26. The number of rotatable bonds is 16. The number of ether oxygens (including phenoxy) is 1. The smallest absolute Gasteiger partial charge is 0.277 e. The van der Waals surface area contributed by atoms with Crippen LogP contribution >= 0.6 is 0 Å². The Labute approximate surface area is 396 Å². The van der Waals surface area contributed by atoms with Crippen molar-refractivity contribution in [1.82, 2.24) is 69.6 Å². The van der Waals surface area contributed by atoms with Gasteiger partial charge in [-0.2, -0.15) is 10.2 Å². The predicted octanol–water partition coefficient (Wildman–Crippen LogP) is 3.38. The quantitative estimate of drug-likeness (QED) is 0.105. The Morgan fingerprint density at radius 3 is 2.48 bits per heavy atom. The standard InChI is InChI=1S/C48H54N16O5/c1-59-29-36(26-53-59)39-27-50-45-44(55-39)57-58-63(45)31-37-30-62(21-22-69-37)48-51-23-35(24-52-48)33-12-10-32(11-13-33)28-60-17-19-61(20-18-60)42(66)9-4-2-3-5-16-49-38-8-6-7-34-25-54-64(47(68)43(34)38)40-14-15-41(65)56-46(40)67/h6-8,10-13,23-27,29,37,40,49H,2-5,9,14-22,28,30-31H2,1H3,(H,56,65,67)/t37-,40?/m0/s1. The van der Waals surface area contributed by atoms with Crippen molar-refractivity contribution >= 4 is 51.4 Å². The average molecular weight is 935 g/mol. The van der Waals surface area contributed by atoms with Gasteiger partial charge in [-0.1, -0.05) is 54.5 Å². The molecule has 1 unspecified atom stereocenters. The predicted molar refractivity (Wildman–Crippen MR) is 256 cm³/mol. The van der Waals surface area contributed by atoms with Gasteiger partial charge in [-0.3, -0.25) is 34.1 Å². The van der Waals surface area contributed by atoms with E-state index < -0.39 is 11.9 Å². The molecule has 356 valence electrons. The molecule has 21 heteroatoms. The van der Waals surface area contributed by atoms with Crippen LogP contribution in [0.2, 0.25) is 0 Å². The molecule has 3 aliphatic rings. The highest BCUT2D eigenvalue weighted by Crippen LogP contribution is 2.25. The van der Waals surface area contributed by atoms with Gasteiger partial charge in [0.2, 0.25) is 23.4 Å². The number of unbranched alkanes of at least 4 members (excludes halogenated alkanes) is 3. The molecular formula is C48H54N16O5. The highest BCUT2D eigenvalue weighted by molar-refractivity contribution is 5.99. The minimum Gasteiger partial charge on any atom is -0.384 e. The van der Waals surface area contributed by atoms with Crippen molar-refractivity contribution < 1.29 is 19.1 Å². The molecule has 10 rings (SSSR count). The van der Waals surface area contributed by atoms with Gasteiger partial charge in [0.25, 0.3) is 11.5 Å². The van der Waals surface area contributed by atoms with Crippen molar-refractivity contribution in [2.45, 2.75) is 70.2 Å². The van der Waals surface area contributed by atoms with Gasteiger partial charge >= 0.3 is 0 Å². The molecule has 3 fully saturated rings. The molecule has 2 aromatic carbocycles. The van der Waals surface area contributed by atoms with Gasteiger partial charge in [-0.15, -0.1) is 5.10 Å². The van der Waals surface area contributed by atoms with E-state index in [1.54, 1.807) is 28.0 Å². The van der Waals surface area contributed by atoms with Crippen LogP contribution in [-0.2, 0) is 39.3 Å². The first-order valence-corrected chi connectivity index (χ1v) is 23.6. The molecule has 2 atom stereocenters. The molecule has 0 bridgehead atoms. The number of benzene rings is 2.